The molecule has 0 spiro atoms. The summed E-state index contributed by atoms with van der Waals surface area (Å²) >= 11 is 0. The third kappa shape index (κ3) is 3.91. The average Bonchev–Trinajstić information content (AvgIpc) is 2.03. The van der Waals surface area contributed by atoms with Gasteiger partial charge in [0.2, 0.25) is 0 Å². The first-order chi connectivity index (χ1) is 5.99. The molecule has 0 N–H and O–H groups in total. The van der Waals surface area contributed by atoms with Gasteiger partial charge < -0.3 is 0 Å². The van der Waals surface area contributed by atoms with E-state index in [0.29, 0.717) is 5.41 Å². The van der Waals surface area contributed by atoms with Gasteiger partial charge in [-0.3, -0.25) is 4.98 Å². The van der Waals surface area contributed by atoms with E-state index < -0.39 is 0 Å². The molecule has 0 aliphatic heterocycles. The fourth-order valence-corrected chi connectivity index (χ4v) is 3.56. The van der Waals surface area contributed by atoms with Crippen LogP contribution >= 0.6 is 7.80 Å². The molecule has 1 nitrogen and oxygen atoms in total. The normalized spacial score (nSPS) is 14.1. The molecule has 1 rings (SSSR count). The molecule has 0 radical (unpaired) electrons. The quantitative estimate of drug-likeness (QED) is 0.515. The van der Waals surface area contributed by atoms with Crippen molar-refractivity contribution in [2.24, 2.45) is 5.41 Å². The molecule has 1 aromatic rings. The predicted octanol–water partition coefficient (Wildman–Crippen LogP) is 1.78. The van der Waals surface area contributed by atoms with Gasteiger partial charge in [-0.2, -0.15) is 0 Å². The Labute approximate surface area is 83.1 Å². The second kappa shape index (κ2) is 4.24. The minimum atomic E-state index is -0.0748. The van der Waals surface area contributed by atoms with E-state index in [1.165, 1.54) is 11.6 Å². The summed E-state index contributed by atoms with van der Waals surface area (Å²) in [5, 5.41) is 0. The number of hydrogen-bond acceptors (Lipinski definition) is 1. The molecule has 0 aromatic carbocycles. The molecule has 13 heavy (non-hydrogen) atoms. The Hall–Kier alpha value is -0.355. The molecule has 1 unspecified atom stereocenters. The van der Waals surface area contributed by atoms with E-state index in [-0.39, 0.29) is 7.80 Å². The van der Waals surface area contributed by atoms with Crippen molar-refractivity contribution in [3.05, 3.63) is 24.4 Å². The maximum absolute atomic E-state index is 4.39. The van der Waals surface area contributed by atoms with Gasteiger partial charge >= 0.3 is 0 Å². The molecule has 0 aliphatic carbocycles. The highest BCUT2D eigenvalue weighted by Crippen LogP contribution is 2.35. The van der Waals surface area contributed by atoms with Crippen molar-refractivity contribution in [2.45, 2.75) is 20.8 Å². The van der Waals surface area contributed by atoms with Crippen LogP contribution in [0.3, 0.4) is 0 Å². The molecule has 0 fully saturated rings. The van der Waals surface area contributed by atoms with Crippen molar-refractivity contribution >= 4 is 20.8 Å². The summed E-state index contributed by atoms with van der Waals surface area (Å²) in [5.41, 5.74) is 1.69. The Morgan fingerprint density at radius 3 is 2.54 bits per heavy atom. The molecule has 0 bridgehead atoms. The van der Waals surface area contributed by atoms with E-state index in [1.807, 2.05) is 12.3 Å². The topological polar surface area (TPSA) is 12.9 Å². The maximum atomic E-state index is 4.39. The highest BCUT2D eigenvalue weighted by molar-refractivity contribution is 7.88. The molecule has 0 saturated heterocycles. The lowest BCUT2D eigenvalue weighted by molar-refractivity contribution is 0.479. The zero-order valence-corrected chi connectivity index (χ0v) is 9.81. The van der Waals surface area contributed by atoms with Crippen LogP contribution in [0, 0.1) is 5.41 Å². The standard InChI is InChI=1S/C10H17BNP/c1-10(2,3)8-13(11)9-6-4-5-7-12-9/h4-7H,8,11H2,1-3H3. The van der Waals surface area contributed by atoms with Crippen LogP contribution < -0.4 is 5.44 Å². The predicted molar refractivity (Wildman–Crippen MR) is 63.7 cm³/mol. The van der Waals surface area contributed by atoms with Crippen LogP contribution in [-0.4, -0.2) is 18.7 Å². The number of aromatic nitrogens is 1. The lowest BCUT2D eigenvalue weighted by Gasteiger charge is -2.23. The molecule has 1 atom stereocenters. The monoisotopic (exact) mass is 193 g/mol. The van der Waals surface area contributed by atoms with Gasteiger partial charge in [0, 0.05) is 6.20 Å². The average molecular weight is 193 g/mol. The van der Waals surface area contributed by atoms with Gasteiger partial charge in [0.25, 0.3) is 0 Å². The first-order valence-corrected chi connectivity index (χ1v) is 6.59. The summed E-state index contributed by atoms with van der Waals surface area (Å²) in [6.07, 6.45) is 3.14. The van der Waals surface area contributed by atoms with Crippen molar-refractivity contribution < 1.29 is 0 Å². The first-order valence-electron chi connectivity index (χ1n) is 4.61. The van der Waals surface area contributed by atoms with E-state index in [0.717, 1.165) is 0 Å². The fraction of sp³-hybridized carbons (Fsp3) is 0.500. The summed E-state index contributed by atoms with van der Waals surface area (Å²) in [6, 6.07) is 6.19. The lowest BCUT2D eigenvalue weighted by Crippen LogP contribution is -2.16. The van der Waals surface area contributed by atoms with Crippen LogP contribution in [0.2, 0.25) is 0 Å². The molecule has 70 valence electrons. The van der Waals surface area contributed by atoms with E-state index in [4.69, 9.17) is 0 Å². The van der Waals surface area contributed by atoms with Gasteiger partial charge in [0.15, 0.2) is 0 Å². The highest BCUT2D eigenvalue weighted by Gasteiger charge is 2.16. The van der Waals surface area contributed by atoms with Crippen molar-refractivity contribution in [1.82, 2.24) is 4.98 Å². The second-order valence-electron chi connectivity index (χ2n) is 4.60. The maximum Gasteiger partial charge on any atom is 0.141 e. The van der Waals surface area contributed by atoms with Crippen LogP contribution in [-0.2, 0) is 0 Å². The summed E-state index contributed by atoms with van der Waals surface area (Å²) in [7, 11) is 2.23. The third-order valence-electron chi connectivity index (χ3n) is 1.75. The Morgan fingerprint density at radius 2 is 2.08 bits per heavy atom. The largest absolute Gasteiger partial charge is 0.257 e. The van der Waals surface area contributed by atoms with Crippen molar-refractivity contribution in [2.75, 3.05) is 6.16 Å². The lowest BCUT2D eigenvalue weighted by atomic mass is 10.0. The van der Waals surface area contributed by atoms with Crippen LogP contribution in [0.5, 0.6) is 0 Å². The van der Waals surface area contributed by atoms with Gasteiger partial charge in [0.05, 0.1) is 5.44 Å². The zero-order chi connectivity index (χ0) is 9.90. The highest BCUT2D eigenvalue weighted by atomic mass is 31.1. The van der Waals surface area contributed by atoms with Crippen LogP contribution in [0.25, 0.3) is 0 Å². The zero-order valence-electron chi connectivity index (χ0n) is 8.91. The van der Waals surface area contributed by atoms with E-state index in [9.17, 15) is 0 Å². The molecular formula is C10H17BNP. The molecule has 1 heterocycles. The third-order valence-corrected chi connectivity index (χ3v) is 4.22. The molecule has 1 aromatic heterocycles. The van der Waals surface area contributed by atoms with Crippen molar-refractivity contribution in [3.63, 3.8) is 0 Å². The smallest absolute Gasteiger partial charge is 0.141 e. The second-order valence-corrected chi connectivity index (χ2v) is 6.77. The molecule has 0 aliphatic rings. The number of pyridine rings is 1. The Kier molecular flexibility index (Phi) is 3.50. The summed E-state index contributed by atoms with van der Waals surface area (Å²) in [5.74, 6) is 0. The number of rotatable bonds is 2. The number of nitrogens with zero attached hydrogens (tertiary/aromatic N) is 1. The Morgan fingerprint density at radius 1 is 1.38 bits per heavy atom. The van der Waals surface area contributed by atoms with Gasteiger partial charge in [-0.15, -0.1) is 0 Å². The van der Waals surface area contributed by atoms with E-state index in [2.05, 4.69) is 45.5 Å². The van der Waals surface area contributed by atoms with Crippen LogP contribution in [0.15, 0.2) is 24.4 Å². The SMILES string of the molecule is BP(CC(C)(C)C)c1ccccn1. The first kappa shape index (κ1) is 10.7. The Balaban J connectivity index is 2.64. The summed E-state index contributed by atoms with van der Waals surface area (Å²) in [4.78, 5) is 4.39. The van der Waals surface area contributed by atoms with Gasteiger partial charge in [0.1, 0.15) is 7.57 Å². The van der Waals surface area contributed by atoms with Gasteiger partial charge in [-0.25, -0.2) is 0 Å². The van der Waals surface area contributed by atoms with Gasteiger partial charge in [-0.1, -0.05) is 34.6 Å². The Bertz CT molecular complexity index is 255. The fourth-order valence-electron chi connectivity index (χ4n) is 1.37. The summed E-state index contributed by atoms with van der Waals surface area (Å²) < 4.78 is 0. The van der Waals surface area contributed by atoms with Crippen LogP contribution in [0.1, 0.15) is 20.8 Å². The van der Waals surface area contributed by atoms with Crippen molar-refractivity contribution in [1.29, 1.82) is 0 Å². The van der Waals surface area contributed by atoms with Crippen molar-refractivity contribution in [3.8, 4) is 0 Å². The molecule has 0 saturated carbocycles. The van der Waals surface area contributed by atoms with E-state index in [1.54, 1.807) is 0 Å². The summed E-state index contributed by atoms with van der Waals surface area (Å²) in [6.45, 7) is 6.86. The molecule has 0 amide bonds. The minimum Gasteiger partial charge on any atom is -0.257 e. The van der Waals surface area contributed by atoms with E-state index >= 15 is 0 Å². The molecular weight excluding hydrogens is 176 g/mol. The minimum absolute atomic E-state index is 0.0748. The number of hydrogen-bond donors (Lipinski definition) is 0. The van der Waals surface area contributed by atoms with Gasteiger partial charge in [-0.05, 0) is 23.7 Å². The molecule has 3 heteroatoms. The van der Waals surface area contributed by atoms with Crippen LogP contribution in [0.4, 0.5) is 0 Å².